The fraction of sp³-hybridized carbons (Fsp3) is 0.333. The summed E-state index contributed by atoms with van der Waals surface area (Å²) in [6, 6.07) is 1.88. The van der Waals surface area contributed by atoms with Crippen LogP contribution in [0.2, 0.25) is 0 Å². The molecule has 1 N–H and O–H groups in total. The molecule has 1 aliphatic rings. The number of methoxy groups -OCH3 is 1. The number of aromatic nitrogens is 4. The average Bonchev–Trinajstić information content (AvgIpc) is 2.80. The second-order valence-electron chi connectivity index (χ2n) is 4.46. The summed E-state index contributed by atoms with van der Waals surface area (Å²) in [6.07, 6.45) is 3.27. The Bertz CT molecular complexity index is 624. The summed E-state index contributed by atoms with van der Waals surface area (Å²) in [5.41, 5.74) is 1.33. The van der Waals surface area contributed by atoms with Crippen LogP contribution in [0.5, 0.6) is 0 Å². The Morgan fingerprint density at radius 3 is 3.00 bits per heavy atom. The predicted octanol–water partition coefficient (Wildman–Crippen LogP) is 1.19. The molecule has 8 heteroatoms. The zero-order valence-corrected chi connectivity index (χ0v) is 12.9. The minimum atomic E-state index is -0.413. The summed E-state index contributed by atoms with van der Waals surface area (Å²) in [4.78, 5) is 21.8. The van der Waals surface area contributed by atoms with Gasteiger partial charge in [-0.2, -0.15) is 5.10 Å². The van der Waals surface area contributed by atoms with Crippen LogP contribution in [0.3, 0.4) is 0 Å². The molecule has 7 nitrogen and oxygen atoms in total. The van der Waals surface area contributed by atoms with E-state index < -0.39 is 5.97 Å². The lowest BCUT2D eigenvalue weighted by Crippen LogP contribution is -2.46. The van der Waals surface area contributed by atoms with Gasteiger partial charge in [0, 0.05) is 25.2 Å². The van der Waals surface area contributed by atoms with Gasteiger partial charge in [-0.3, -0.25) is 5.10 Å². The molecule has 0 spiro atoms. The summed E-state index contributed by atoms with van der Waals surface area (Å²) >= 11 is 2.13. The van der Waals surface area contributed by atoms with Gasteiger partial charge in [0.05, 0.1) is 16.4 Å². The fourth-order valence-corrected chi connectivity index (χ4v) is 3.07. The second-order valence-corrected chi connectivity index (χ2v) is 5.54. The lowest BCUT2D eigenvalue weighted by molar-refractivity contribution is 0.0593. The Morgan fingerprint density at radius 2 is 2.35 bits per heavy atom. The van der Waals surface area contributed by atoms with Crippen molar-refractivity contribution in [1.82, 2.24) is 20.2 Å². The highest BCUT2D eigenvalue weighted by atomic mass is 127. The highest BCUT2D eigenvalue weighted by Crippen LogP contribution is 2.32. The summed E-state index contributed by atoms with van der Waals surface area (Å²) < 4.78 is 5.53. The SMILES string of the molecule is COC(=O)c1n[nH]c(C2CN(c3ccncn3)C2)c1I. The molecule has 3 heterocycles. The lowest BCUT2D eigenvalue weighted by Gasteiger charge is -2.39. The molecule has 0 atom stereocenters. The van der Waals surface area contributed by atoms with E-state index in [9.17, 15) is 4.79 Å². The molecular formula is C12H12IN5O2. The average molecular weight is 385 g/mol. The van der Waals surface area contributed by atoms with Crippen LogP contribution in [-0.4, -0.2) is 46.3 Å². The van der Waals surface area contributed by atoms with Gasteiger partial charge < -0.3 is 9.64 Å². The van der Waals surface area contributed by atoms with Crippen molar-refractivity contribution in [2.45, 2.75) is 5.92 Å². The van der Waals surface area contributed by atoms with E-state index in [-0.39, 0.29) is 0 Å². The highest BCUT2D eigenvalue weighted by Gasteiger charge is 2.33. The number of esters is 1. The van der Waals surface area contributed by atoms with Crippen LogP contribution in [0, 0.1) is 3.57 Å². The molecule has 0 aliphatic carbocycles. The lowest BCUT2D eigenvalue weighted by atomic mass is 9.96. The Kier molecular flexibility index (Phi) is 3.55. The number of nitrogens with one attached hydrogen (secondary N) is 1. The molecular weight excluding hydrogens is 373 g/mol. The molecule has 2 aromatic rings. The maximum absolute atomic E-state index is 11.5. The number of carbonyl (C=O) groups is 1. The number of rotatable bonds is 3. The molecule has 0 aromatic carbocycles. The molecule has 2 aromatic heterocycles. The molecule has 1 fully saturated rings. The topological polar surface area (TPSA) is 84.0 Å². The Balaban J connectivity index is 1.72. The van der Waals surface area contributed by atoms with Crippen molar-refractivity contribution in [1.29, 1.82) is 0 Å². The molecule has 1 aliphatic heterocycles. The number of anilines is 1. The van der Waals surface area contributed by atoms with E-state index in [0.29, 0.717) is 11.6 Å². The first kappa shape index (κ1) is 13.3. The van der Waals surface area contributed by atoms with Crippen LogP contribution in [0.4, 0.5) is 5.82 Å². The summed E-state index contributed by atoms with van der Waals surface area (Å²) in [7, 11) is 1.35. The molecule has 0 radical (unpaired) electrons. The number of aromatic amines is 1. The van der Waals surface area contributed by atoms with E-state index in [0.717, 1.165) is 28.2 Å². The molecule has 104 valence electrons. The van der Waals surface area contributed by atoms with Crippen molar-refractivity contribution in [2.24, 2.45) is 0 Å². The minimum Gasteiger partial charge on any atom is -0.464 e. The number of nitrogens with zero attached hydrogens (tertiary/aromatic N) is 4. The molecule has 0 saturated carbocycles. The van der Waals surface area contributed by atoms with E-state index in [1.807, 2.05) is 6.07 Å². The van der Waals surface area contributed by atoms with Crippen LogP contribution in [-0.2, 0) is 4.74 Å². The van der Waals surface area contributed by atoms with Gasteiger partial charge in [-0.25, -0.2) is 14.8 Å². The maximum atomic E-state index is 11.5. The Morgan fingerprint density at radius 1 is 1.55 bits per heavy atom. The second kappa shape index (κ2) is 5.35. The number of hydrogen-bond acceptors (Lipinski definition) is 6. The van der Waals surface area contributed by atoms with Gasteiger partial charge in [0.1, 0.15) is 12.1 Å². The zero-order chi connectivity index (χ0) is 14.1. The number of carbonyl (C=O) groups excluding carboxylic acids is 1. The van der Waals surface area contributed by atoms with Crippen LogP contribution >= 0.6 is 22.6 Å². The van der Waals surface area contributed by atoms with Crippen molar-refractivity contribution in [3.8, 4) is 0 Å². The highest BCUT2D eigenvalue weighted by molar-refractivity contribution is 14.1. The number of H-pyrrole nitrogens is 1. The monoisotopic (exact) mass is 385 g/mol. The fourth-order valence-electron chi connectivity index (χ4n) is 2.16. The predicted molar refractivity (Wildman–Crippen MR) is 79.6 cm³/mol. The summed E-state index contributed by atoms with van der Waals surface area (Å²) in [6.45, 7) is 1.69. The van der Waals surface area contributed by atoms with Crippen molar-refractivity contribution in [2.75, 3.05) is 25.1 Å². The van der Waals surface area contributed by atoms with Crippen LogP contribution in [0.25, 0.3) is 0 Å². The normalized spacial score (nSPS) is 15.0. The maximum Gasteiger partial charge on any atom is 0.359 e. The molecule has 0 unspecified atom stereocenters. The van der Waals surface area contributed by atoms with Gasteiger partial charge in [0.15, 0.2) is 5.69 Å². The van der Waals surface area contributed by atoms with Gasteiger partial charge in [-0.1, -0.05) is 0 Å². The van der Waals surface area contributed by atoms with Gasteiger partial charge in [-0.05, 0) is 28.7 Å². The van der Waals surface area contributed by atoms with E-state index in [1.54, 1.807) is 6.20 Å². The molecule has 20 heavy (non-hydrogen) atoms. The Hall–Kier alpha value is -1.71. The number of hydrogen-bond donors (Lipinski definition) is 1. The quantitative estimate of drug-likeness (QED) is 0.632. The summed E-state index contributed by atoms with van der Waals surface area (Å²) in [5, 5.41) is 6.98. The van der Waals surface area contributed by atoms with Gasteiger partial charge in [0.2, 0.25) is 0 Å². The molecule has 1 saturated heterocycles. The third-order valence-electron chi connectivity index (χ3n) is 3.29. The molecule has 0 amide bonds. The van der Waals surface area contributed by atoms with E-state index in [2.05, 4.69) is 47.7 Å². The van der Waals surface area contributed by atoms with Crippen LogP contribution in [0.1, 0.15) is 22.1 Å². The zero-order valence-electron chi connectivity index (χ0n) is 10.7. The van der Waals surface area contributed by atoms with Gasteiger partial charge >= 0.3 is 5.97 Å². The largest absolute Gasteiger partial charge is 0.464 e. The van der Waals surface area contributed by atoms with Crippen molar-refractivity contribution >= 4 is 34.4 Å². The molecule has 0 bridgehead atoms. The summed E-state index contributed by atoms with van der Waals surface area (Å²) in [5.74, 6) is 0.825. The molecule has 3 rings (SSSR count). The van der Waals surface area contributed by atoms with Crippen molar-refractivity contribution < 1.29 is 9.53 Å². The van der Waals surface area contributed by atoms with Crippen LogP contribution in [0.15, 0.2) is 18.6 Å². The Labute approximate surface area is 128 Å². The first-order valence-electron chi connectivity index (χ1n) is 6.03. The van der Waals surface area contributed by atoms with Crippen molar-refractivity contribution in [3.63, 3.8) is 0 Å². The first-order valence-corrected chi connectivity index (χ1v) is 7.11. The van der Waals surface area contributed by atoms with Crippen molar-refractivity contribution in [3.05, 3.63) is 33.5 Å². The third-order valence-corrected chi connectivity index (χ3v) is 4.38. The third kappa shape index (κ3) is 2.23. The number of halogens is 1. The standard InChI is InChI=1S/C12H12IN5O2/c1-20-12(19)11-9(13)10(16-17-11)7-4-18(5-7)8-2-3-14-6-15-8/h2-3,6-7H,4-5H2,1H3,(H,16,17). The minimum absolute atomic E-state index is 0.322. The van der Waals surface area contributed by atoms with E-state index in [4.69, 9.17) is 4.74 Å². The van der Waals surface area contributed by atoms with Gasteiger partial charge in [-0.15, -0.1) is 0 Å². The van der Waals surface area contributed by atoms with Crippen LogP contribution < -0.4 is 4.90 Å². The smallest absolute Gasteiger partial charge is 0.359 e. The first-order chi connectivity index (χ1) is 9.70. The van der Waals surface area contributed by atoms with E-state index >= 15 is 0 Å². The van der Waals surface area contributed by atoms with Gasteiger partial charge in [0.25, 0.3) is 0 Å². The van der Waals surface area contributed by atoms with E-state index in [1.165, 1.54) is 13.4 Å². The number of ether oxygens (including phenoxy) is 1.